The predicted molar refractivity (Wildman–Crippen MR) is 176 cm³/mol. The number of nitrogens with one attached hydrogen (secondary N) is 7. The van der Waals surface area contributed by atoms with E-state index in [1.807, 2.05) is 30.3 Å². The van der Waals surface area contributed by atoms with Crippen LogP contribution in [-0.4, -0.2) is 98.8 Å². The molecule has 2 aromatic rings. The monoisotopic (exact) mass is 692 g/mol. The third kappa shape index (κ3) is 15.1. The van der Waals surface area contributed by atoms with Gasteiger partial charge in [-0.1, -0.05) is 42.1 Å². The molecule has 256 valence electrons. The Morgan fingerprint density at radius 2 is 1.62 bits per heavy atom. The lowest BCUT2D eigenvalue weighted by Crippen LogP contribution is -2.57. The number of carbonyl (C=O) groups excluding carboxylic acids is 6. The Morgan fingerprint density at radius 1 is 0.936 bits per heavy atom. The van der Waals surface area contributed by atoms with Gasteiger partial charge < -0.3 is 36.7 Å². The predicted octanol–water partition coefficient (Wildman–Crippen LogP) is -1.15. The molecule has 4 atom stereocenters. The van der Waals surface area contributed by atoms with E-state index in [-0.39, 0.29) is 42.8 Å². The summed E-state index contributed by atoms with van der Waals surface area (Å²) in [5.41, 5.74) is 1.47. The zero-order valence-corrected chi connectivity index (χ0v) is 27.6. The van der Waals surface area contributed by atoms with Gasteiger partial charge in [0.05, 0.1) is 19.5 Å². The number of nitrogens with zero attached hydrogens (tertiary/aromatic N) is 1. The molecule has 1 aromatic carbocycles. The van der Waals surface area contributed by atoms with Crippen LogP contribution in [0.3, 0.4) is 0 Å². The van der Waals surface area contributed by atoms with Crippen LogP contribution in [-0.2, 0) is 45.7 Å². The maximum atomic E-state index is 13.4. The minimum absolute atomic E-state index is 0.0406. The minimum atomic E-state index is -1.36. The summed E-state index contributed by atoms with van der Waals surface area (Å²) >= 11 is 5.09. The van der Waals surface area contributed by atoms with E-state index in [1.54, 1.807) is 0 Å². The molecule has 18 heteroatoms. The maximum absolute atomic E-state index is 13.4. The topological polar surface area (TPSA) is 241 Å². The first kappa shape index (κ1) is 38.8. The van der Waals surface area contributed by atoms with E-state index < -0.39 is 60.2 Å². The molecule has 0 aliphatic rings. The number of hydrogen-bond donors (Lipinski definition) is 9. The van der Waals surface area contributed by atoms with Gasteiger partial charge >= 0.3 is 5.97 Å². The molecule has 16 nitrogen and oxygen atoms in total. The second-order valence-electron chi connectivity index (χ2n) is 10.3. The van der Waals surface area contributed by atoms with E-state index in [4.69, 9.17) is 0 Å². The summed E-state index contributed by atoms with van der Waals surface area (Å²) in [7, 11) is 0. The number of amides is 5. The van der Waals surface area contributed by atoms with Crippen molar-refractivity contribution in [3.63, 3.8) is 0 Å². The van der Waals surface area contributed by atoms with Gasteiger partial charge in [0.25, 0.3) is 0 Å². The molecule has 8 N–H and O–H groups in total. The Labute approximate surface area is 281 Å². The molecule has 0 fully saturated rings. The number of hydrogen-bond acceptors (Lipinski definition) is 11. The van der Waals surface area contributed by atoms with E-state index in [1.165, 1.54) is 26.4 Å². The van der Waals surface area contributed by atoms with Crippen LogP contribution in [0.4, 0.5) is 0 Å². The Morgan fingerprint density at radius 3 is 2.23 bits per heavy atom. The van der Waals surface area contributed by atoms with Gasteiger partial charge in [-0.25, -0.2) is 4.98 Å². The van der Waals surface area contributed by atoms with Crippen LogP contribution in [0.5, 0.6) is 0 Å². The number of thioether (sulfide) groups is 1. The molecule has 0 spiro atoms. The molecular weight excluding hydrogens is 653 g/mol. The lowest BCUT2D eigenvalue weighted by Gasteiger charge is -2.24. The molecule has 0 saturated heterocycles. The first-order valence-corrected chi connectivity index (χ1v) is 16.2. The Balaban J connectivity index is 2.05. The number of aromatic amines is 1. The summed E-state index contributed by atoms with van der Waals surface area (Å²) in [6, 6.07) is 4.54. The van der Waals surface area contributed by atoms with Crippen LogP contribution in [0.1, 0.15) is 37.9 Å². The number of aromatic nitrogens is 2. The third-order valence-corrected chi connectivity index (χ3v) is 7.83. The minimum Gasteiger partial charge on any atom is -0.481 e. The second kappa shape index (κ2) is 20.7. The van der Waals surface area contributed by atoms with E-state index in [0.29, 0.717) is 11.4 Å². The number of carboxylic acid groups (broad SMARTS) is 1. The van der Waals surface area contributed by atoms with Crippen LogP contribution < -0.4 is 31.9 Å². The SMILES string of the molecule is CC(=O)NCNCC(=O)N[C@@H](CS)C(=O)N[C@@H](C)C(=O)N[C@@H](CCC(=O)O)C(=O)N[C@@H](Cc1cnc[nH]1)C(=O)SCc1ccccc1. The Bertz CT molecular complexity index is 1360. The molecule has 2 rings (SSSR count). The van der Waals surface area contributed by atoms with Gasteiger partial charge in [0.2, 0.25) is 34.7 Å². The fraction of sp³-hybridized carbons (Fsp3) is 0.448. The molecule has 0 saturated carbocycles. The molecule has 0 bridgehead atoms. The normalized spacial score (nSPS) is 13.3. The number of imidazole rings is 1. The average molecular weight is 693 g/mol. The van der Waals surface area contributed by atoms with Crippen molar-refractivity contribution in [2.24, 2.45) is 0 Å². The Kier molecular flexibility index (Phi) is 17.0. The molecule has 47 heavy (non-hydrogen) atoms. The maximum Gasteiger partial charge on any atom is 0.303 e. The zero-order valence-electron chi connectivity index (χ0n) is 25.9. The molecule has 0 aliphatic heterocycles. The van der Waals surface area contributed by atoms with E-state index in [9.17, 15) is 38.7 Å². The lowest BCUT2D eigenvalue weighted by molar-refractivity contribution is -0.138. The molecule has 0 radical (unpaired) electrons. The van der Waals surface area contributed by atoms with Crippen molar-refractivity contribution in [1.82, 2.24) is 41.9 Å². The van der Waals surface area contributed by atoms with Crippen molar-refractivity contribution < 1.29 is 38.7 Å². The number of carboxylic acids is 1. The van der Waals surface area contributed by atoms with Crippen molar-refractivity contribution in [3.05, 3.63) is 54.1 Å². The summed E-state index contributed by atoms with van der Waals surface area (Å²) in [6.07, 6.45) is 2.24. The quantitative estimate of drug-likeness (QED) is 0.0456. The lowest BCUT2D eigenvalue weighted by atomic mass is 10.1. The van der Waals surface area contributed by atoms with Gasteiger partial charge in [0, 0.05) is 43.2 Å². The standard InChI is InChI=1S/C29H40N8O8S2/c1-17(34-28(44)23(13-46)35-24(39)12-31-15-32-18(2)38)26(42)36-21(8-9-25(40)41)27(43)37-22(10-20-11-30-16-33-20)29(45)47-14-19-6-4-3-5-7-19/h3-7,11,16-17,21-23,31,46H,8-10,12-15H2,1-2H3,(H,30,33)(H,32,38)(H,34,44)(H,35,39)(H,36,42)(H,37,43)(H,40,41)/t17-,21-,22-,23-/m0/s1. The number of rotatable bonds is 20. The number of thiol groups is 1. The van der Waals surface area contributed by atoms with Gasteiger partial charge in [-0.3, -0.25) is 38.9 Å². The average Bonchev–Trinajstić information content (AvgIpc) is 3.55. The number of H-pyrrole nitrogens is 1. The molecule has 1 aromatic heterocycles. The molecule has 1 heterocycles. The van der Waals surface area contributed by atoms with Gasteiger partial charge in [-0.05, 0) is 18.9 Å². The number of benzene rings is 1. The molecule has 5 amide bonds. The van der Waals surface area contributed by atoms with Crippen LogP contribution in [0, 0.1) is 0 Å². The van der Waals surface area contributed by atoms with Crippen LogP contribution in [0.2, 0.25) is 0 Å². The summed E-state index contributed by atoms with van der Waals surface area (Å²) in [5.74, 6) is -4.13. The van der Waals surface area contributed by atoms with Gasteiger partial charge in [0.1, 0.15) is 24.2 Å². The molecule has 0 aliphatic carbocycles. The van der Waals surface area contributed by atoms with Crippen LogP contribution in [0.25, 0.3) is 0 Å². The molecular formula is C29H40N8O8S2. The van der Waals surface area contributed by atoms with Gasteiger partial charge in [-0.15, -0.1) is 0 Å². The highest BCUT2D eigenvalue weighted by molar-refractivity contribution is 8.13. The summed E-state index contributed by atoms with van der Waals surface area (Å²) in [6.45, 7) is 2.49. The van der Waals surface area contributed by atoms with Crippen molar-refractivity contribution in [2.45, 2.75) is 63.0 Å². The smallest absolute Gasteiger partial charge is 0.303 e. The highest BCUT2D eigenvalue weighted by Crippen LogP contribution is 2.17. The third-order valence-electron chi connectivity index (χ3n) is 6.42. The van der Waals surface area contributed by atoms with Crippen molar-refractivity contribution in [2.75, 3.05) is 19.0 Å². The van der Waals surface area contributed by atoms with Gasteiger partial charge in [-0.2, -0.15) is 12.6 Å². The summed E-state index contributed by atoms with van der Waals surface area (Å²) < 4.78 is 0. The van der Waals surface area contributed by atoms with Crippen molar-refractivity contribution in [1.29, 1.82) is 0 Å². The second-order valence-corrected chi connectivity index (χ2v) is 11.6. The fourth-order valence-corrected chi connectivity index (χ4v) is 5.03. The van der Waals surface area contributed by atoms with Crippen molar-refractivity contribution in [3.8, 4) is 0 Å². The first-order valence-electron chi connectivity index (χ1n) is 14.6. The van der Waals surface area contributed by atoms with E-state index in [0.717, 1.165) is 17.3 Å². The highest BCUT2D eigenvalue weighted by Gasteiger charge is 2.30. The van der Waals surface area contributed by atoms with Crippen molar-refractivity contribution >= 4 is 65.0 Å². The number of carbonyl (C=O) groups is 7. The fourth-order valence-electron chi connectivity index (χ4n) is 3.93. The molecule has 0 unspecified atom stereocenters. The van der Waals surface area contributed by atoms with Gasteiger partial charge in [0.15, 0.2) is 0 Å². The largest absolute Gasteiger partial charge is 0.481 e. The Hall–Kier alpha value is -4.42. The summed E-state index contributed by atoms with van der Waals surface area (Å²) in [4.78, 5) is 93.7. The highest BCUT2D eigenvalue weighted by atomic mass is 32.2. The number of aliphatic carboxylic acids is 1. The van der Waals surface area contributed by atoms with E-state index >= 15 is 0 Å². The van der Waals surface area contributed by atoms with Crippen LogP contribution in [0.15, 0.2) is 42.9 Å². The first-order chi connectivity index (χ1) is 22.4. The van der Waals surface area contributed by atoms with Crippen LogP contribution >= 0.6 is 24.4 Å². The van der Waals surface area contributed by atoms with E-state index in [2.05, 4.69) is 54.5 Å². The zero-order chi connectivity index (χ0) is 34.8. The summed E-state index contributed by atoms with van der Waals surface area (Å²) in [5, 5.41) is 24.0.